The largest absolute Gasteiger partial charge is 0.464 e. The number of amides is 1. The SMILES string of the molecule is CCCCCCCCCCCCCCCCOC(=O)C(C)NC(=O)OCCCl. The molecule has 1 unspecified atom stereocenters. The minimum Gasteiger partial charge on any atom is -0.464 e. The van der Waals surface area contributed by atoms with Crippen LogP contribution >= 0.6 is 11.6 Å². The van der Waals surface area contributed by atoms with Crippen molar-refractivity contribution < 1.29 is 19.1 Å². The monoisotopic (exact) mass is 419 g/mol. The Morgan fingerprint density at radius 1 is 0.750 bits per heavy atom. The predicted molar refractivity (Wildman–Crippen MR) is 116 cm³/mol. The third-order valence-corrected chi connectivity index (χ3v) is 4.89. The molecule has 0 bridgehead atoms. The topological polar surface area (TPSA) is 64.6 Å². The first-order chi connectivity index (χ1) is 13.6. The van der Waals surface area contributed by atoms with Gasteiger partial charge in [0.15, 0.2) is 0 Å². The van der Waals surface area contributed by atoms with Gasteiger partial charge in [0.1, 0.15) is 12.6 Å². The van der Waals surface area contributed by atoms with E-state index in [4.69, 9.17) is 21.1 Å². The van der Waals surface area contributed by atoms with Crippen molar-refractivity contribution in [3.63, 3.8) is 0 Å². The van der Waals surface area contributed by atoms with Crippen LogP contribution in [0.4, 0.5) is 4.79 Å². The molecule has 1 amide bonds. The summed E-state index contributed by atoms with van der Waals surface area (Å²) in [5.74, 6) is -0.205. The van der Waals surface area contributed by atoms with E-state index in [9.17, 15) is 9.59 Å². The number of hydrogen-bond donors (Lipinski definition) is 1. The minimum atomic E-state index is -0.713. The van der Waals surface area contributed by atoms with Crippen molar-refractivity contribution in [3.05, 3.63) is 0 Å². The van der Waals surface area contributed by atoms with Crippen LogP contribution < -0.4 is 5.32 Å². The van der Waals surface area contributed by atoms with E-state index in [0.717, 1.165) is 12.8 Å². The second-order valence-electron chi connectivity index (χ2n) is 7.45. The van der Waals surface area contributed by atoms with Gasteiger partial charge in [0.2, 0.25) is 0 Å². The molecule has 5 nitrogen and oxygen atoms in total. The lowest BCUT2D eigenvalue weighted by atomic mass is 10.0. The van der Waals surface area contributed by atoms with Gasteiger partial charge in [-0.1, -0.05) is 90.4 Å². The van der Waals surface area contributed by atoms with Gasteiger partial charge in [0.05, 0.1) is 12.5 Å². The molecule has 0 aromatic heterocycles. The highest BCUT2D eigenvalue weighted by Crippen LogP contribution is 2.13. The van der Waals surface area contributed by atoms with Crippen LogP contribution in [0, 0.1) is 0 Å². The Balaban J connectivity index is 3.34. The first-order valence-electron chi connectivity index (χ1n) is 11.3. The fourth-order valence-electron chi connectivity index (χ4n) is 3.00. The van der Waals surface area contributed by atoms with Gasteiger partial charge in [-0.3, -0.25) is 0 Å². The number of alkyl carbamates (subject to hydrolysis) is 1. The van der Waals surface area contributed by atoms with Gasteiger partial charge in [0.25, 0.3) is 0 Å². The van der Waals surface area contributed by atoms with E-state index < -0.39 is 18.1 Å². The lowest BCUT2D eigenvalue weighted by molar-refractivity contribution is -0.145. The second kappa shape index (κ2) is 20.8. The Morgan fingerprint density at radius 2 is 1.21 bits per heavy atom. The molecular weight excluding hydrogens is 378 g/mol. The number of esters is 1. The standard InChI is InChI=1S/C22H42ClNO4/c1-3-4-5-6-7-8-9-10-11-12-13-14-15-16-18-27-21(25)20(2)24-22(26)28-19-17-23/h20H,3-19H2,1-2H3,(H,24,26). The van der Waals surface area contributed by atoms with Crippen LogP contribution in [-0.2, 0) is 14.3 Å². The molecule has 0 aliphatic heterocycles. The summed E-state index contributed by atoms with van der Waals surface area (Å²) in [5, 5.41) is 2.42. The van der Waals surface area contributed by atoms with Crippen LogP contribution in [0.15, 0.2) is 0 Å². The van der Waals surface area contributed by atoms with Gasteiger partial charge >= 0.3 is 12.1 Å². The number of nitrogens with one attached hydrogen (secondary N) is 1. The molecule has 0 heterocycles. The summed E-state index contributed by atoms with van der Waals surface area (Å²) < 4.78 is 9.93. The molecule has 0 aliphatic rings. The molecule has 0 aromatic rings. The average Bonchev–Trinajstić information content (AvgIpc) is 2.69. The summed E-state index contributed by atoms with van der Waals surface area (Å²) in [4.78, 5) is 23.1. The molecule has 0 rings (SSSR count). The van der Waals surface area contributed by atoms with Crippen molar-refractivity contribution in [2.75, 3.05) is 19.1 Å². The molecule has 0 aromatic carbocycles. The summed E-state index contributed by atoms with van der Waals surface area (Å²) in [7, 11) is 0. The molecule has 1 N–H and O–H groups in total. The molecule has 0 saturated heterocycles. The molecule has 0 spiro atoms. The summed E-state index contributed by atoms with van der Waals surface area (Å²) in [6.45, 7) is 4.36. The van der Waals surface area contributed by atoms with Crippen LogP contribution in [0.25, 0.3) is 0 Å². The zero-order chi connectivity index (χ0) is 20.9. The van der Waals surface area contributed by atoms with E-state index in [-0.39, 0.29) is 12.5 Å². The van der Waals surface area contributed by atoms with E-state index in [1.165, 1.54) is 77.0 Å². The number of alkyl halides is 1. The Morgan fingerprint density at radius 3 is 1.68 bits per heavy atom. The fourth-order valence-corrected chi connectivity index (χ4v) is 3.08. The number of carbonyl (C=O) groups excluding carboxylic acids is 2. The average molecular weight is 420 g/mol. The van der Waals surface area contributed by atoms with E-state index in [2.05, 4.69) is 12.2 Å². The maximum absolute atomic E-state index is 11.8. The Bertz CT molecular complexity index is 380. The summed E-state index contributed by atoms with van der Waals surface area (Å²) in [6.07, 6.45) is 17.5. The fraction of sp³-hybridized carbons (Fsp3) is 0.909. The van der Waals surface area contributed by atoms with Gasteiger partial charge < -0.3 is 14.8 Å². The molecule has 6 heteroatoms. The van der Waals surface area contributed by atoms with Gasteiger partial charge in [-0.05, 0) is 13.3 Å². The first kappa shape index (κ1) is 27.0. The number of ether oxygens (including phenoxy) is 2. The van der Waals surface area contributed by atoms with Gasteiger partial charge in [-0.2, -0.15) is 0 Å². The third-order valence-electron chi connectivity index (χ3n) is 4.74. The van der Waals surface area contributed by atoms with Crippen molar-refractivity contribution in [1.82, 2.24) is 5.32 Å². The van der Waals surface area contributed by atoms with Gasteiger partial charge in [0, 0.05) is 0 Å². The molecule has 28 heavy (non-hydrogen) atoms. The summed E-state index contributed by atoms with van der Waals surface area (Å²) in [5.41, 5.74) is 0. The zero-order valence-electron chi connectivity index (χ0n) is 18.1. The zero-order valence-corrected chi connectivity index (χ0v) is 18.9. The van der Waals surface area contributed by atoms with Crippen LogP contribution in [0.5, 0.6) is 0 Å². The molecule has 0 fully saturated rings. The minimum absolute atomic E-state index is 0.119. The lowest BCUT2D eigenvalue weighted by Crippen LogP contribution is -2.40. The number of halogens is 1. The molecular formula is C22H42ClNO4. The van der Waals surface area contributed by atoms with Crippen LogP contribution in [0.3, 0.4) is 0 Å². The maximum atomic E-state index is 11.8. The van der Waals surface area contributed by atoms with Crippen molar-refractivity contribution in [2.24, 2.45) is 0 Å². The van der Waals surface area contributed by atoms with Crippen LogP contribution in [0.2, 0.25) is 0 Å². The van der Waals surface area contributed by atoms with E-state index in [1.54, 1.807) is 6.92 Å². The van der Waals surface area contributed by atoms with Crippen LogP contribution in [0.1, 0.15) is 104 Å². The Labute approximate surface area is 177 Å². The summed E-state index contributed by atoms with van der Waals surface area (Å²) in [6, 6.07) is -0.713. The highest BCUT2D eigenvalue weighted by molar-refractivity contribution is 6.18. The Kier molecular flexibility index (Phi) is 20.0. The highest BCUT2D eigenvalue weighted by atomic mass is 35.5. The summed E-state index contributed by atoms with van der Waals surface area (Å²) >= 11 is 5.43. The first-order valence-corrected chi connectivity index (χ1v) is 11.8. The van der Waals surface area contributed by atoms with E-state index in [1.807, 2.05) is 0 Å². The predicted octanol–water partition coefficient (Wildman–Crippen LogP) is 6.36. The van der Waals surface area contributed by atoms with Crippen molar-refractivity contribution in [1.29, 1.82) is 0 Å². The van der Waals surface area contributed by atoms with Crippen molar-refractivity contribution >= 4 is 23.7 Å². The maximum Gasteiger partial charge on any atom is 0.407 e. The van der Waals surface area contributed by atoms with Gasteiger partial charge in [-0.25, -0.2) is 9.59 Å². The number of hydrogen-bond acceptors (Lipinski definition) is 4. The molecule has 1 atom stereocenters. The molecule has 0 saturated carbocycles. The van der Waals surface area contributed by atoms with Crippen molar-refractivity contribution in [3.8, 4) is 0 Å². The van der Waals surface area contributed by atoms with Crippen molar-refractivity contribution in [2.45, 2.75) is 110 Å². The highest BCUT2D eigenvalue weighted by Gasteiger charge is 2.17. The number of unbranched alkanes of at least 4 members (excludes halogenated alkanes) is 13. The van der Waals surface area contributed by atoms with E-state index >= 15 is 0 Å². The van der Waals surface area contributed by atoms with E-state index in [0.29, 0.717) is 6.61 Å². The van der Waals surface area contributed by atoms with Crippen LogP contribution in [-0.4, -0.2) is 37.2 Å². The van der Waals surface area contributed by atoms with Gasteiger partial charge in [-0.15, -0.1) is 11.6 Å². The number of carbonyl (C=O) groups is 2. The molecule has 0 radical (unpaired) electrons. The molecule has 0 aliphatic carbocycles. The molecule has 166 valence electrons. The third kappa shape index (κ3) is 18.4. The number of rotatable bonds is 19. The smallest absolute Gasteiger partial charge is 0.407 e. The normalized spacial score (nSPS) is 11.8. The Hall–Kier alpha value is -0.970. The lowest BCUT2D eigenvalue weighted by Gasteiger charge is -2.13. The second-order valence-corrected chi connectivity index (χ2v) is 7.83. The quantitative estimate of drug-likeness (QED) is 0.150.